The normalized spacial score (nSPS) is 35.0. The highest BCUT2D eigenvalue weighted by Crippen LogP contribution is 2.29. The first kappa shape index (κ1) is 18.7. The Hall–Kier alpha value is -1.37. The second-order valence-electron chi connectivity index (χ2n) is 4.86. The van der Waals surface area contributed by atoms with Gasteiger partial charge in [-0.05, 0) is 6.42 Å². The molecule has 0 radical (unpaired) electrons. The third-order valence-corrected chi connectivity index (χ3v) is 3.19. The van der Waals surface area contributed by atoms with Crippen molar-refractivity contribution in [2.75, 3.05) is 20.3 Å². The van der Waals surface area contributed by atoms with Crippen LogP contribution in [0.1, 0.15) is 13.3 Å². The van der Waals surface area contributed by atoms with E-state index in [1.165, 1.54) is 0 Å². The Morgan fingerprint density at radius 3 is 2.64 bits per heavy atom. The number of ether oxygens (including phenoxy) is 2. The van der Waals surface area contributed by atoms with E-state index in [2.05, 4.69) is 5.29 Å². The second kappa shape index (κ2) is 7.76. The molecule has 5 N–H and O–H groups in total. The monoisotopic (exact) mass is 323 g/mol. The van der Waals surface area contributed by atoms with Gasteiger partial charge in [-0.25, -0.2) is 4.79 Å². The van der Waals surface area contributed by atoms with Gasteiger partial charge in [0.15, 0.2) is 0 Å². The lowest BCUT2D eigenvalue weighted by Crippen LogP contribution is -2.74. The molecule has 0 unspecified atom stereocenters. The summed E-state index contributed by atoms with van der Waals surface area (Å²) in [5.74, 6) is 0. The maximum Gasteiger partial charge on any atom is 0.342 e. The van der Waals surface area contributed by atoms with Crippen LogP contribution in [0.5, 0.6) is 0 Å². The number of nitrogens with one attached hydrogen (secondary N) is 1. The van der Waals surface area contributed by atoms with Crippen LogP contribution in [0.3, 0.4) is 0 Å². The Labute approximate surface area is 126 Å². The minimum absolute atomic E-state index is 0.117. The first-order chi connectivity index (χ1) is 10.3. The highest BCUT2D eigenvalue weighted by atomic mass is 16.7. The van der Waals surface area contributed by atoms with Crippen LogP contribution in [0.15, 0.2) is 5.29 Å². The van der Waals surface area contributed by atoms with E-state index in [9.17, 15) is 25.0 Å². The minimum Gasteiger partial charge on any atom is -0.394 e. The lowest BCUT2D eigenvalue weighted by atomic mass is 9.93. The number of carbonyl (C=O) groups excluding carboxylic acids is 1. The molecule has 0 aromatic heterocycles. The van der Waals surface area contributed by atoms with Gasteiger partial charge in [0.2, 0.25) is 12.0 Å². The predicted octanol–water partition coefficient (Wildman–Crippen LogP) is -2.14. The average molecular weight is 323 g/mol. The number of amides is 2. The molecule has 0 aromatic rings. The van der Waals surface area contributed by atoms with Gasteiger partial charge >= 0.3 is 6.03 Å². The van der Waals surface area contributed by atoms with Crippen LogP contribution in [0.2, 0.25) is 0 Å². The van der Waals surface area contributed by atoms with Gasteiger partial charge in [0, 0.05) is 13.7 Å². The van der Waals surface area contributed by atoms with E-state index < -0.39 is 43.0 Å². The molecule has 1 saturated heterocycles. The van der Waals surface area contributed by atoms with Gasteiger partial charge in [-0.15, -0.1) is 4.91 Å². The topological polar surface area (TPSA) is 161 Å². The SMILES string of the molecule is CCCO[C@H]1O[C@H](CO)[C@@H](O)[C@H](O)[C@@]1(O)NC(=O)N(C)N=O. The number of carbonyl (C=O) groups is 1. The molecular weight excluding hydrogens is 302 g/mol. The number of hydrogen-bond acceptors (Lipinski definition) is 9. The molecule has 0 aliphatic carbocycles. The number of nitrogens with zero attached hydrogens (tertiary/aromatic N) is 2. The fourth-order valence-corrected chi connectivity index (χ4v) is 1.91. The molecule has 5 atom stereocenters. The van der Waals surface area contributed by atoms with Gasteiger partial charge < -0.3 is 35.2 Å². The maximum absolute atomic E-state index is 11.7. The minimum atomic E-state index is -2.53. The average Bonchev–Trinajstić information content (AvgIpc) is 2.51. The first-order valence-electron chi connectivity index (χ1n) is 6.67. The van der Waals surface area contributed by atoms with Crippen molar-refractivity contribution >= 4 is 6.03 Å². The van der Waals surface area contributed by atoms with E-state index in [4.69, 9.17) is 14.6 Å². The third kappa shape index (κ3) is 3.69. The molecule has 0 aromatic carbocycles. The number of aliphatic hydroxyl groups excluding tert-OH is 3. The van der Waals surface area contributed by atoms with Crippen LogP contribution in [-0.2, 0) is 9.47 Å². The lowest BCUT2D eigenvalue weighted by Gasteiger charge is -2.47. The third-order valence-electron chi connectivity index (χ3n) is 3.19. The number of aliphatic hydroxyl groups is 4. The number of hydrogen-bond donors (Lipinski definition) is 5. The van der Waals surface area contributed by atoms with Gasteiger partial charge in [0.05, 0.1) is 11.9 Å². The standard InChI is InChI=1S/C11H21N3O8/c1-3-4-21-9-11(19,12-10(18)14(2)13-20)8(17)7(16)6(5-15)22-9/h6-9,15-17,19H,3-5H2,1-2H3,(H,12,18)/t6-,7-,8+,9+,11+/m1/s1. The van der Waals surface area contributed by atoms with Crippen LogP contribution < -0.4 is 5.32 Å². The zero-order chi connectivity index (χ0) is 16.9. The summed E-state index contributed by atoms with van der Waals surface area (Å²) in [4.78, 5) is 22.0. The van der Waals surface area contributed by atoms with Gasteiger partial charge in [0.25, 0.3) is 0 Å². The van der Waals surface area contributed by atoms with E-state index >= 15 is 0 Å². The summed E-state index contributed by atoms with van der Waals surface area (Å²) >= 11 is 0. The Balaban J connectivity index is 3.01. The zero-order valence-corrected chi connectivity index (χ0v) is 12.2. The second-order valence-corrected chi connectivity index (χ2v) is 4.86. The smallest absolute Gasteiger partial charge is 0.342 e. The summed E-state index contributed by atoms with van der Waals surface area (Å²) in [5, 5.41) is 44.1. The molecule has 128 valence electrons. The molecule has 11 heteroatoms. The van der Waals surface area contributed by atoms with E-state index in [1.807, 2.05) is 5.32 Å². The van der Waals surface area contributed by atoms with Crippen molar-refractivity contribution in [3.63, 3.8) is 0 Å². The molecule has 0 bridgehead atoms. The Morgan fingerprint density at radius 2 is 2.14 bits per heavy atom. The molecule has 22 heavy (non-hydrogen) atoms. The summed E-state index contributed by atoms with van der Waals surface area (Å²) in [5.41, 5.74) is -2.53. The van der Waals surface area contributed by atoms with Crippen molar-refractivity contribution in [3.8, 4) is 0 Å². The van der Waals surface area contributed by atoms with Gasteiger partial charge in [-0.3, -0.25) is 0 Å². The molecule has 1 aliphatic rings. The van der Waals surface area contributed by atoms with Crippen molar-refractivity contribution in [2.24, 2.45) is 5.29 Å². The van der Waals surface area contributed by atoms with Gasteiger partial charge in [0.1, 0.15) is 18.3 Å². The summed E-state index contributed by atoms with van der Waals surface area (Å²) in [7, 11) is 1.02. The molecule has 1 heterocycles. The fraction of sp³-hybridized carbons (Fsp3) is 0.909. The molecule has 0 spiro atoms. The van der Waals surface area contributed by atoms with E-state index in [0.29, 0.717) is 11.4 Å². The first-order valence-corrected chi connectivity index (χ1v) is 6.67. The van der Waals surface area contributed by atoms with Crippen molar-refractivity contribution in [1.82, 2.24) is 10.3 Å². The number of nitroso groups, excluding NO2 is 1. The van der Waals surface area contributed by atoms with Crippen LogP contribution in [0.25, 0.3) is 0 Å². The van der Waals surface area contributed by atoms with Crippen molar-refractivity contribution in [2.45, 2.75) is 43.7 Å². The zero-order valence-electron chi connectivity index (χ0n) is 12.2. The Kier molecular flexibility index (Phi) is 6.59. The van der Waals surface area contributed by atoms with Gasteiger partial charge in [-0.2, -0.15) is 5.01 Å². The summed E-state index contributed by atoms with van der Waals surface area (Å²) in [6.45, 7) is 1.26. The molecule has 2 amide bonds. The molecule has 1 aliphatic heterocycles. The number of rotatable bonds is 6. The fourth-order valence-electron chi connectivity index (χ4n) is 1.91. The molecule has 11 nitrogen and oxygen atoms in total. The van der Waals surface area contributed by atoms with Crippen LogP contribution in [0, 0.1) is 4.91 Å². The number of urea groups is 1. The predicted molar refractivity (Wildman–Crippen MR) is 71.0 cm³/mol. The van der Waals surface area contributed by atoms with Crippen molar-refractivity contribution in [1.29, 1.82) is 0 Å². The molecule has 0 saturated carbocycles. The lowest BCUT2D eigenvalue weighted by molar-refractivity contribution is -0.346. The van der Waals surface area contributed by atoms with Crippen molar-refractivity contribution in [3.05, 3.63) is 4.91 Å². The summed E-state index contributed by atoms with van der Waals surface area (Å²) in [6.07, 6.45) is -5.85. The summed E-state index contributed by atoms with van der Waals surface area (Å²) in [6, 6.07) is -1.14. The van der Waals surface area contributed by atoms with E-state index in [-0.39, 0.29) is 6.61 Å². The Morgan fingerprint density at radius 1 is 1.50 bits per heavy atom. The molecule has 1 rings (SSSR count). The van der Waals surface area contributed by atoms with Crippen LogP contribution in [0.4, 0.5) is 4.79 Å². The van der Waals surface area contributed by atoms with Crippen LogP contribution >= 0.6 is 0 Å². The molecular formula is C11H21N3O8. The van der Waals surface area contributed by atoms with Gasteiger partial charge in [-0.1, -0.05) is 6.92 Å². The molecule has 1 fully saturated rings. The van der Waals surface area contributed by atoms with E-state index in [0.717, 1.165) is 7.05 Å². The Bertz CT molecular complexity index is 398. The largest absolute Gasteiger partial charge is 0.394 e. The van der Waals surface area contributed by atoms with Crippen molar-refractivity contribution < 1.29 is 34.7 Å². The highest BCUT2D eigenvalue weighted by molar-refractivity contribution is 5.74. The highest BCUT2D eigenvalue weighted by Gasteiger charge is 2.56. The maximum atomic E-state index is 11.7. The summed E-state index contributed by atoms with van der Waals surface area (Å²) < 4.78 is 10.4. The van der Waals surface area contributed by atoms with E-state index in [1.54, 1.807) is 6.92 Å². The van der Waals surface area contributed by atoms with Crippen LogP contribution in [-0.4, -0.2) is 82.1 Å². The quantitative estimate of drug-likeness (QED) is 0.210.